The molecule has 56 heavy (non-hydrogen) atoms. The number of rotatable bonds is 15. The Bertz CT molecular complexity index is 1590. The van der Waals surface area contributed by atoms with Gasteiger partial charge in [0.25, 0.3) is 5.91 Å². The fraction of sp³-hybridized carbons (Fsp3) is 0.721. The van der Waals surface area contributed by atoms with Crippen LogP contribution < -0.4 is 16.0 Å². The molecule has 13 nitrogen and oxygen atoms in total. The van der Waals surface area contributed by atoms with E-state index in [1.165, 1.54) is 24.2 Å². The first kappa shape index (κ1) is 43.1. The van der Waals surface area contributed by atoms with Crippen molar-refractivity contribution in [3.05, 3.63) is 35.4 Å². The zero-order chi connectivity index (χ0) is 41.0. The van der Waals surface area contributed by atoms with E-state index in [0.29, 0.717) is 50.3 Å². The van der Waals surface area contributed by atoms with E-state index in [0.717, 1.165) is 17.9 Å². The van der Waals surface area contributed by atoms with Crippen molar-refractivity contribution < 1.29 is 28.8 Å². The molecule has 1 aromatic carbocycles. The van der Waals surface area contributed by atoms with Gasteiger partial charge in [0.05, 0.1) is 6.04 Å². The fourth-order valence-electron chi connectivity index (χ4n) is 9.51. The number of carbonyl (C=O) groups excluding carboxylic acids is 6. The summed E-state index contributed by atoms with van der Waals surface area (Å²) in [4.78, 5) is 89.0. The zero-order valence-electron chi connectivity index (χ0n) is 35.2. The van der Waals surface area contributed by atoms with E-state index in [-0.39, 0.29) is 65.8 Å². The molecule has 3 N–H and O–H groups in total. The number of hydrogen-bond acceptors (Lipinski definition) is 7. The van der Waals surface area contributed by atoms with Crippen molar-refractivity contribution in [3.8, 4) is 0 Å². The average Bonchev–Trinajstić information content (AvgIpc) is 3.52. The van der Waals surface area contributed by atoms with Gasteiger partial charge in [-0.2, -0.15) is 0 Å². The summed E-state index contributed by atoms with van der Waals surface area (Å²) in [6.45, 7) is 12.5. The van der Waals surface area contributed by atoms with E-state index < -0.39 is 30.2 Å². The third kappa shape index (κ3) is 9.74. The zero-order valence-corrected chi connectivity index (χ0v) is 35.2. The lowest BCUT2D eigenvalue weighted by atomic mass is 9.95. The molecule has 2 aliphatic heterocycles. The largest absolute Gasteiger partial charge is 0.350 e. The second-order valence-corrected chi connectivity index (χ2v) is 18.0. The molecule has 4 aliphatic rings. The summed E-state index contributed by atoms with van der Waals surface area (Å²) in [5, 5.41) is 9.20. The molecule has 2 heterocycles. The normalized spacial score (nSPS) is 24.8. The predicted molar refractivity (Wildman–Crippen MR) is 215 cm³/mol. The molecular weight excluding hydrogens is 711 g/mol. The highest BCUT2D eigenvalue weighted by Crippen LogP contribution is 2.49. The van der Waals surface area contributed by atoms with Crippen LogP contribution in [0.1, 0.15) is 109 Å². The van der Waals surface area contributed by atoms with Gasteiger partial charge in [-0.3, -0.25) is 33.7 Å². The van der Waals surface area contributed by atoms with Gasteiger partial charge in [0.1, 0.15) is 24.2 Å². The Balaban J connectivity index is 1.19. The monoisotopic (exact) mass is 778 g/mol. The fourth-order valence-corrected chi connectivity index (χ4v) is 9.51. The van der Waals surface area contributed by atoms with E-state index in [9.17, 15) is 28.8 Å². The molecule has 0 aromatic heterocycles. The molecule has 2 saturated carbocycles. The van der Waals surface area contributed by atoms with Crippen molar-refractivity contribution in [1.29, 1.82) is 0 Å². The number of hydrogen-bond donors (Lipinski definition) is 3. The third-order valence-electron chi connectivity index (χ3n) is 12.6. The highest BCUT2D eigenvalue weighted by molar-refractivity contribution is 5.97. The number of likely N-dealkylation sites (tertiary alicyclic amines) is 2. The molecule has 4 fully saturated rings. The van der Waals surface area contributed by atoms with E-state index in [2.05, 4.69) is 16.0 Å². The van der Waals surface area contributed by atoms with Gasteiger partial charge in [-0.25, -0.2) is 0 Å². The highest BCUT2D eigenvalue weighted by atomic mass is 16.2. The lowest BCUT2D eigenvalue weighted by molar-refractivity contribution is -0.153. The van der Waals surface area contributed by atoms with Gasteiger partial charge in [-0.15, -0.1) is 0 Å². The van der Waals surface area contributed by atoms with Crippen LogP contribution in [0.4, 0.5) is 0 Å². The van der Waals surface area contributed by atoms with Crippen LogP contribution in [0, 0.1) is 29.6 Å². The van der Waals surface area contributed by atoms with Crippen LogP contribution >= 0.6 is 0 Å². The van der Waals surface area contributed by atoms with Gasteiger partial charge in [-0.05, 0) is 99.9 Å². The molecule has 13 heteroatoms. The Morgan fingerprint density at radius 1 is 0.750 bits per heavy atom. The van der Waals surface area contributed by atoms with Gasteiger partial charge in [0, 0.05) is 38.3 Å². The van der Waals surface area contributed by atoms with Gasteiger partial charge in [0.2, 0.25) is 29.5 Å². The van der Waals surface area contributed by atoms with Crippen LogP contribution in [0.3, 0.4) is 0 Å². The number of nitrogens with one attached hydrogen (secondary N) is 3. The smallest absolute Gasteiger partial charge is 0.251 e. The molecule has 2 saturated heterocycles. The summed E-state index contributed by atoms with van der Waals surface area (Å²) in [6.07, 6.45) is 7.04. The van der Waals surface area contributed by atoms with Crippen molar-refractivity contribution in [2.24, 2.45) is 29.6 Å². The highest BCUT2D eigenvalue weighted by Gasteiger charge is 2.47. The number of amides is 6. The Hall–Kier alpha value is -4.00. The Labute approximate surface area is 334 Å². The second kappa shape index (κ2) is 18.5. The predicted octanol–water partition coefficient (Wildman–Crippen LogP) is 3.41. The summed E-state index contributed by atoms with van der Waals surface area (Å²) in [5.74, 6) is -0.501. The minimum Gasteiger partial charge on any atom is -0.350 e. The first-order valence-corrected chi connectivity index (χ1v) is 21.0. The van der Waals surface area contributed by atoms with E-state index in [4.69, 9.17) is 0 Å². The Morgan fingerprint density at radius 3 is 1.98 bits per heavy atom. The number of nitrogens with zero attached hydrogens (tertiary/aromatic N) is 4. The van der Waals surface area contributed by atoms with Gasteiger partial charge in [-0.1, -0.05) is 66.5 Å². The SMILES string of the molecule is CC(C)C(NC(=O)C(C(C)C)N(C)C)C(=O)N(C)C(C(=O)N1CCCC1C(=O)N1CCCC1C(=O)NCc1ccc(C(=O)NC2CCCC3CC32)cc1)C(C)C. The minimum absolute atomic E-state index is 0.0236. The number of carbonyl (C=O) groups is 6. The minimum atomic E-state index is -0.850. The van der Waals surface area contributed by atoms with Gasteiger partial charge < -0.3 is 30.7 Å². The second-order valence-electron chi connectivity index (χ2n) is 18.0. The maximum absolute atomic E-state index is 14.4. The van der Waals surface area contributed by atoms with Crippen LogP contribution in [-0.4, -0.2) is 126 Å². The van der Waals surface area contributed by atoms with Crippen LogP contribution in [-0.2, 0) is 30.5 Å². The summed E-state index contributed by atoms with van der Waals surface area (Å²) in [6, 6.07) is 4.07. The van der Waals surface area contributed by atoms with Crippen molar-refractivity contribution in [3.63, 3.8) is 0 Å². The Kier molecular flexibility index (Phi) is 14.3. The standard InChI is InChI=1S/C43H67N7O6/c1-25(2)35(46-40(53)36(26(3)4)47(7)8)42(55)48(9)37(27(5)6)43(56)50-22-12-16-34(50)41(54)49-21-11-15-33(49)39(52)44-24-28-17-19-29(20-18-28)38(51)45-32-14-10-13-30-23-31(30)32/h17-20,25-27,30-37H,10-16,21-24H2,1-9H3,(H,44,52)(H,45,51)(H,46,53). The average molecular weight is 778 g/mol. The summed E-state index contributed by atoms with van der Waals surface area (Å²) < 4.78 is 0. The molecule has 0 bridgehead atoms. The van der Waals surface area contributed by atoms with E-state index in [1.807, 2.05) is 72.7 Å². The Morgan fingerprint density at radius 2 is 1.38 bits per heavy atom. The first-order valence-electron chi connectivity index (χ1n) is 21.0. The summed E-state index contributed by atoms with van der Waals surface area (Å²) in [7, 11) is 5.28. The van der Waals surface area contributed by atoms with Gasteiger partial charge >= 0.3 is 0 Å². The topological polar surface area (TPSA) is 151 Å². The van der Waals surface area contributed by atoms with Crippen molar-refractivity contribution in [1.82, 2.24) is 35.6 Å². The molecular formula is C43H67N7O6. The van der Waals surface area contributed by atoms with Crippen LogP contribution in [0.15, 0.2) is 24.3 Å². The molecule has 0 spiro atoms. The molecule has 0 radical (unpaired) electrons. The van der Waals surface area contributed by atoms with Crippen LogP contribution in [0.25, 0.3) is 0 Å². The van der Waals surface area contributed by atoms with E-state index in [1.54, 1.807) is 29.0 Å². The van der Waals surface area contributed by atoms with Crippen molar-refractivity contribution in [2.45, 2.75) is 136 Å². The molecule has 1 aromatic rings. The molecule has 6 amide bonds. The number of fused-ring (bicyclic) bond motifs is 1. The lowest BCUT2D eigenvalue weighted by Gasteiger charge is -2.38. The third-order valence-corrected chi connectivity index (χ3v) is 12.6. The van der Waals surface area contributed by atoms with Crippen LogP contribution in [0.2, 0.25) is 0 Å². The maximum atomic E-state index is 14.4. The van der Waals surface area contributed by atoms with E-state index >= 15 is 0 Å². The molecule has 5 rings (SSSR count). The van der Waals surface area contributed by atoms with Crippen LogP contribution in [0.5, 0.6) is 0 Å². The first-order chi connectivity index (χ1) is 26.5. The van der Waals surface area contributed by atoms with Crippen molar-refractivity contribution in [2.75, 3.05) is 34.2 Å². The molecule has 2 aliphatic carbocycles. The number of benzene rings is 1. The molecule has 8 unspecified atom stereocenters. The number of likely N-dealkylation sites (N-methyl/N-ethyl adjacent to an activating group) is 2. The molecule has 8 atom stereocenters. The van der Waals surface area contributed by atoms with Gasteiger partial charge in [0.15, 0.2) is 0 Å². The van der Waals surface area contributed by atoms with Crippen molar-refractivity contribution >= 4 is 35.4 Å². The summed E-state index contributed by atoms with van der Waals surface area (Å²) >= 11 is 0. The molecule has 310 valence electrons. The maximum Gasteiger partial charge on any atom is 0.251 e. The lowest BCUT2D eigenvalue weighted by Crippen LogP contribution is -2.61. The quantitative estimate of drug-likeness (QED) is 0.247. The summed E-state index contributed by atoms with van der Waals surface area (Å²) in [5.41, 5.74) is 1.46.